The standard InChI is InChI=1S/C20H24F4N4O3S/c1-11(25-12(2)29)7-30-14-5-13(6-14)8-31-16-4-3-15-17(27-16)32-18(26-15)28-9-19(21,22)20(23,24)10-28/h3-4,11,13-14H,5-10H2,1-2H3,(H,25,29)/t11-,13?,14?/m0/s1. The third-order valence-electron chi connectivity index (χ3n) is 5.49. The van der Waals surface area contributed by atoms with Gasteiger partial charge in [-0.3, -0.25) is 4.79 Å². The summed E-state index contributed by atoms with van der Waals surface area (Å²) in [5.41, 5.74) is 0.446. The molecule has 2 aromatic rings. The quantitative estimate of drug-likeness (QED) is 0.588. The Bertz CT molecular complexity index is 967. The number of carbonyl (C=O) groups is 1. The number of alkyl halides is 4. The van der Waals surface area contributed by atoms with Crippen molar-refractivity contribution in [1.82, 2.24) is 15.3 Å². The number of rotatable bonds is 8. The average molecular weight is 476 g/mol. The summed E-state index contributed by atoms with van der Waals surface area (Å²) in [5, 5.41) is 2.86. The van der Waals surface area contributed by atoms with Crippen molar-refractivity contribution < 1.29 is 31.8 Å². The molecule has 7 nitrogen and oxygen atoms in total. The topological polar surface area (TPSA) is 76.6 Å². The Morgan fingerprint density at radius 1 is 1.25 bits per heavy atom. The van der Waals surface area contributed by atoms with E-state index in [1.165, 1.54) is 6.92 Å². The Morgan fingerprint density at radius 3 is 2.59 bits per heavy atom. The van der Waals surface area contributed by atoms with E-state index in [0.29, 0.717) is 35.4 Å². The van der Waals surface area contributed by atoms with Gasteiger partial charge in [0.15, 0.2) is 5.13 Å². The number of hydrogen-bond donors (Lipinski definition) is 1. The molecule has 1 aliphatic carbocycles. The molecule has 1 N–H and O–H groups in total. The molecule has 1 aliphatic heterocycles. The van der Waals surface area contributed by atoms with E-state index >= 15 is 0 Å². The van der Waals surface area contributed by atoms with Crippen molar-refractivity contribution in [1.29, 1.82) is 0 Å². The maximum atomic E-state index is 13.5. The minimum atomic E-state index is -4.08. The van der Waals surface area contributed by atoms with E-state index < -0.39 is 24.9 Å². The van der Waals surface area contributed by atoms with Gasteiger partial charge in [-0.1, -0.05) is 11.3 Å². The molecule has 0 unspecified atom stereocenters. The third kappa shape index (κ3) is 4.90. The van der Waals surface area contributed by atoms with Gasteiger partial charge in [0.2, 0.25) is 11.8 Å². The number of nitrogens with one attached hydrogen (secondary N) is 1. The number of carbonyl (C=O) groups excluding carboxylic acids is 1. The van der Waals surface area contributed by atoms with Crippen molar-refractivity contribution in [2.45, 2.75) is 50.7 Å². The van der Waals surface area contributed by atoms with Crippen LogP contribution in [-0.2, 0) is 9.53 Å². The maximum absolute atomic E-state index is 13.5. The highest BCUT2D eigenvalue weighted by atomic mass is 32.1. The van der Waals surface area contributed by atoms with Crippen LogP contribution in [0.3, 0.4) is 0 Å². The number of amides is 1. The molecule has 0 aromatic carbocycles. The van der Waals surface area contributed by atoms with Crippen molar-refractivity contribution in [3.63, 3.8) is 0 Å². The van der Waals surface area contributed by atoms with Gasteiger partial charge in [-0.15, -0.1) is 0 Å². The van der Waals surface area contributed by atoms with E-state index in [2.05, 4.69) is 15.3 Å². The number of halogens is 4. The van der Waals surface area contributed by atoms with Gasteiger partial charge in [-0.05, 0) is 31.7 Å². The first-order valence-corrected chi connectivity index (χ1v) is 11.1. The van der Waals surface area contributed by atoms with Crippen LogP contribution in [0.5, 0.6) is 5.88 Å². The van der Waals surface area contributed by atoms with E-state index in [1.54, 1.807) is 12.1 Å². The highest BCUT2D eigenvalue weighted by Gasteiger charge is 2.63. The lowest BCUT2D eigenvalue weighted by Gasteiger charge is -2.35. The summed E-state index contributed by atoms with van der Waals surface area (Å²) in [6.07, 6.45) is 1.82. The van der Waals surface area contributed by atoms with Gasteiger partial charge in [0.1, 0.15) is 10.3 Å². The van der Waals surface area contributed by atoms with E-state index in [0.717, 1.165) is 29.1 Å². The number of ether oxygens (including phenoxy) is 2. The molecule has 0 radical (unpaired) electrons. The van der Waals surface area contributed by atoms with E-state index in [-0.39, 0.29) is 23.2 Å². The third-order valence-corrected chi connectivity index (χ3v) is 6.52. The van der Waals surface area contributed by atoms with Crippen LogP contribution in [0.25, 0.3) is 10.3 Å². The predicted molar refractivity (Wildman–Crippen MR) is 111 cm³/mol. The number of fused-ring (bicyclic) bond motifs is 1. The average Bonchev–Trinajstić information content (AvgIpc) is 3.16. The Labute approximate surface area is 186 Å². The van der Waals surface area contributed by atoms with Crippen LogP contribution in [-0.4, -0.2) is 66.2 Å². The molecule has 2 fully saturated rings. The largest absolute Gasteiger partial charge is 0.477 e. The SMILES string of the molecule is CC(=O)N[C@@H](C)COC1CC(COc2ccc3nc(N4CC(F)(F)C(F)(F)C4)sc3n2)C1. The Morgan fingerprint density at radius 2 is 1.94 bits per heavy atom. The van der Waals surface area contributed by atoms with Crippen LogP contribution in [0.1, 0.15) is 26.7 Å². The van der Waals surface area contributed by atoms with Gasteiger partial charge in [-0.25, -0.2) is 9.97 Å². The van der Waals surface area contributed by atoms with Crippen LogP contribution in [0.15, 0.2) is 12.1 Å². The minimum Gasteiger partial charge on any atom is -0.477 e. The van der Waals surface area contributed by atoms with E-state index in [1.807, 2.05) is 6.92 Å². The molecule has 1 atom stereocenters. The molecule has 3 heterocycles. The zero-order valence-electron chi connectivity index (χ0n) is 17.6. The van der Waals surface area contributed by atoms with Crippen molar-refractivity contribution >= 4 is 32.7 Å². The number of nitrogens with zero attached hydrogens (tertiary/aromatic N) is 3. The monoisotopic (exact) mass is 476 g/mol. The predicted octanol–water partition coefficient (Wildman–Crippen LogP) is 3.48. The first-order valence-electron chi connectivity index (χ1n) is 10.3. The highest BCUT2D eigenvalue weighted by molar-refractivity contribution is 7.21. The van der Waals surface area contributed by atoms with Crippen LogP contribution in [0.4, 0.5) is 22.7 Å². The second kappa shape index (κ2) is 8.62. The van der Waals surface area contributed by atoms with Crippen LogP contribution >= 0.6 is 11.3 Å². The molecule has 2 aliphatic rings. The summed E-state index contributed by atoms with van der Waals surface area (Å²) in [5.74, 6) is -7.57. The number of pyridine rings is 1. The molecule has 1 saturated carbocycles. The van der Waals surface area contributed by atoms with Crippen molar-refractivity contribution in [3.05, 3.63) is 12.1 Å². The molecule has 2 aromatic heterocycles. The van der Waals surface area contributed by atoms with Crippen molar-refractivity contribution in [2.75, 3.05) is 31.2 Å². The lowest BCUT2D eigenvalue weighted by Crippen LogP contribution is -2.40. The second-order valence-corrected chi connectivity index (χ2v) is 9.40. The highest BCUT2D eigenvalue weighted by Crippen LogP contribution is 2.44. The maximum Gasteiger partial charge on any atom is 0.329 e. The fourth-order valence-corrected chi connectivity index (χ4v) is 4.65. The molecule has 1 amide bonds. The molecular weight excluding hydrogens is 452 g/mol. The smallest absolute Gasteiger partial charge is 0.329 e. The Hall–Kier alpha value is -2.21. The summed E-state index contributed by atoms with van der Waals surface area (Å²) >= 11 is 0.985. The first kappa shape index (κ1) is 23.0. The lowest BCUT2D eigenvalue weighted by molar-refractivity contribution is -0.172. The number of thiazole rings is 1. The van der Waals surface area contributed by atoms with Crippen molar-refractivity contribution in [2.24, 2.45) is 5.92 Å². The molecule has 12 heteroatoms. The zero-order chi connectivity index (χ0) is 23.1. The Balaban J connectivity index is 1.26. The summed E-state index contributed by atoms with van der Waals surface area (Å²) < 4.78 is 65.4. The lowest BCUT2D eigenvalue weighted by atomic mass is 9.83. The number of anilines is 1. The Kier molecular flexibility index (Phi) is 6.19. The molecule has 32 heavy (non-hydrogen) atoms. The summed E-state index contributed by atoms with van der Waals surface area (Å²) in [4.78, 5) is 20.8. The summed E-state index contributed by atoms with van der Waals surface area (Å²) in [6.45, 7) is 2.12. The molecule has 4 rings (SSSR count). The summed E-state index contributed by atoms with van der Waals surface area (Å²) in [7, 11) is 0. The van der Waals surface area contributed by atoms with Crippen LogP contribution in [0, 0.1) is 5.92 Å². The van der Waals surface area contributed by atoms with Gasteiger partial charge in [-0.2, -0.15) is 17.6 Å². The minimum absolute atomic E-state index is 0.0407. The zero-order valence-corrected chi connectivity index (χ0v) is 18.4. The molecule has 1 saturated heterocycles. The second-order valence-electron chi connectivity index (χ2n) is 8.44. The van der Waals surface area contributed by atoms with Gasteiger partial charge in [0.25, 0.3) is 0 Å². The molecular formula is C20H24F4N4O3S. The number of hydrogen-bond acceptors (Lipinski definition) is 7. The van der Waals surface area contributed by atoms with E-state index in [4.69, 9.17) is 9.47 Å². The number of aromatic nitrogens is 2. The van der Waals surface area contributed by atoms with Crippen LogP contribution in [0.2, 0.25) is 0 Å². The summed E-state index contributed by atoms with van der Waals surface area (Å²) in [6, 6.07) is 3.22. The van der Waals surface area contributed by atoms with Crippen LogP contribution < -0.4 is 15.0 Å². The fraction of sp³-hybridized carbons (Fsp3) is 0.650. The van der Waals surface area contributed by atoms with Gasteiger partial charge >= 0.3 is 11.8 Å². The van der Waals surface area contributed by atoms with Crippen molar-refractivity contribution in [3.8, 4) is 5.88 Å². The normalized spacial score (nSPS) is 24.9. The van der Waals surface area contributed by atoms with Gasteiger partial charge in [0, 0.05) is 19.0 Å². The molecule has 176 valence electrons. The first-order chi connectivity index (χ1) is 15.0. The van der Waals surface area contributed by atoms with E-state index in [9.17, 15) is 22.4 Å². The van der Waals surface area contributed by atoms with Gasteiger partial charge < -0.3 is 19.7 Å². The van der Waals surface area contributed by atoms with Gasteiger partial charge in [0.05, 0.1) is 32.4 Å². The fourth-order valence-electron chi connectivity index (χ4n) is 3.73. The molecule has 0 bridgehead atoms. The molecule has 0 spiro atoms.